The number of carbonyl (C=O) groups excluding carboxylic acids is 1. The fourth-order valence-electron chi connectivity index (χ4n) is 3.80. The number of likely N-dealkylation sites (tertiary alicyclic amines) is 1. The number of guanidine groups is 1. The molecular formula is C19H27FN4O. The molecule has 1 amide bonds. The Labute approximate surface area is 148 Å². The van der Waals surface area contributed by atoms with Crippen molar-refractivity contribution in [2.45, 2.75) is 32.1 Å². The first kappa shape index (κ1) is 17.7. The zero-order chi connectivity index (χ0) is 17.7. The minimum Gasteiger partial charge on any atom is -0.354 e. The van der Waals surface area contributed by atoms with Gasteiger partial charge in [-0.05, 0) is 42.4 Å². The predicted octanol–water partition coefficient (Wildman–Crippen LogP) is 1.94. The van der Waals surface area contributed by atoms with Crippen molar-refractivity contribution in [2.24, 2.45) is 10.4 Å². The number of rotatable bonds is 5. The van der Waals surface area contributed by atoms with Crippen LogP contribution in [0.4, 0.5) is 4.39 Å². The number of benzene rings is 1. The average Bonchev–Trinajstić information content (AvgIpc) is 3.01. The molecule has 1 aromatic rings. The predicted molar refractivity (Wildman–Crippen MR) is 96.9 cm³/mol. The lowest BCUT2D eigenvalue weighted by molar-refractivity contribution is -0.120. The van der Waals surface area contributed by atoms with Gasteiger partial charge in [-0.1, -0.05) is 18.6 Å². The van der Waals surface area contributed by atoms with E-state index in [-0.39, 0.29) is 18.1 Å². The summed E-state index contributed by atoms with van der Waals surface area (Å²) in [6.45, 7) is 3.31. The molecule has 1 spiro atoms. The summed E-state index contributed by atoms with van der Waals surface area (Å²) in [6.07, 6.45) is 5.50. The maximum atomic E-state index is 13.1. The molecule has 136 valence electrons. The quantitative estimate of drug-likeness (QED) is 0.487. The van der Waals surface area contributed by atoms with Gasteiger partial charge in [0.2, 0.25) is 5.91 Å². The third-order valence-corrected chi connectivity index (χ3v) is 5.35. The second-order valence-electron chi connectivity index (χ2n) is 7.16. The van der Waals surface area contributed by atoms with E-state index in [4.69, 9.17) is 0 Å². The van der Waals surface area contributed by atoms with E-state index in [0.29, 0.717) is 24.1 Å². The summed E-state index contributed by atoms with van der Waals surface area (Å²) in [7, 11) is 1.80. The number of nitrogens with zero attached hydrogens (tertiary/aromatic N) is 2. The highest BCUT2D eigenvalue weighted by Crippen LogP contribution is 2.47. The molecule has 0 radical (unpaired) electrons. The molecule has 1 aliphatic carbocycles. The van der Waals surface area contributed by atoms with E-state index >= 15 is 0 Å². The second kappa shape index (κ2) is 7.85. The Bertz CT molecular complexity index is 642. The zero-order valence-electron chi connectivity index (χ0n) is 14.9. The fourth-order valence-corrected chi connectivity index (χ4v) is 3.80. The Morgan fingerprint density at radius 1 is 1.28 bits per heavy atom. The van der Waals surface area contributed by atoms with Gasteiger partial charge >= 0.3 is 0 Å². The van der Waals surface area contributed by atoms with Gasteiger partial charge in [0.15, 0.2) is 5.96 Å². The molecule has 25 heavy (non-hydrogen) atoms. The van der Waals surface area contributed by atoms with Gasteiger partial charge in [-0.25, -0.2) is 4.39 Å². The molecule has 1 aromatic carbocycles. The lowest BCUT2D eigenvalue weighted by atomic mass is 9.68. The topological polar surface area (TPSA) is 56.7 Å². The van der Waals surface area contributed by atoms with Crippen LogP contribution in [0.1, 0.15) is 31.2 Å². The Morgan fingerprint density at radius 2 is 2.08 bits per heavy atom. The summed E-state index contributed by atoms with van der Waals surface area (Å²) >= 11 is 0. The molecule has 1 saturated heterocycles. The summed E-state index contributed by atoms with van der Waals surface area (Å²) in [5.74, 6) is 0.505. The lowest BCUT2D eigenvalue weighted by Gasteiger charge is -2.38. The third-order valence-electron chi connectivity index (χ3n) is 5.35. The number of halogens is 1. The lowest BCUT2D eigenvalue weighted by Crippen LogP contribution is -2.45. The molecule has 2 fully saturated rings. The van der Waals surface area contributed by atoms with Crippen molar-refractivity contribution in [1.29, 1.82) is 0 Å². The van der Waals surface area contributed by atoms with Crippen LogP contribution in [0.15, 0.2) is 29.3 Å². The molecule has 5 nitrogen and oxygen atoms in total. The van der Waals surface area contributed by atoms with Gasteiger partial charge in [0.1, 0.15) is 5.82 Å². The first-order chi connectivity index (χ1) is 12.1. The number of hydrogen-bond acceptors (Lipinski definition) is 2. The van der Waals surface area contributed by atoms with Gasteiger partial charge in [0, 0.05) is 33.2 Å². The van der Waals surface area contributed by atoms with Gasteiger partial charge < -0.3 is 15.5 Å². The van der Waals surface area contributed by atoms with Crippen LogP contribution >= 0.6 is 0 Å². The zero-order valence-corrected chi connectivity index (χ0v) is 14.9. The van der Waals surface area contributed by atoms with Crippen molar-refractivity contribution >= 4 is 11.9 Å². The summed E-state index contributed by atoms with van der Waals surface area (Å²) in [5, 5.41) is 6.19. The molecule has 0 bridgehead atoms. The Hall–Kier alpha value is -2.11. The van der Waals surface area contributed by atoms with Gasteiger partial charge in [-0.15, -0.1) is 0 Å². The number of nitrogens with one attached hydrogen (secondary N) is 2. The largest absolute Gasteiger partial charge is 0.354 e. The van der Waals surface area contributed by atoms with Crippen molar-refractivity contribution in [1.82, 2.24) is 15.5 Å². The maximum absolute atomic E-state index is 13.1. The Kier molecular flexibility index (Phi) is 5.56. The molecule has 0 aromatic heterocycles. The van der Waals surface area contributed by atoms with E-state index in [1.165, 1.54) is 37.8 Å². The number of hydrogen-bond donors (Lipinski definition) is 2. The van der Waals surface area contributed by atoms with Crippen molar-refractivity contribution in [3.63, 3.8) is 0 Å². The summed E-state index contributed by atoms with van der Waals surface area (Å²) in [4.78, 5) is 18.6. The van der Waals surface area contributed by atoms with E-state index in [9.17, 15) is 9.18 Å². The molecule has 1 saturated carbocycles. The Morgan fingerprint density at radius 3 is 2.72 bits per heavy atom. The highest BCUT2D eigenvalue weighted by atomic mass is 19.1. The molecular weight excluding hydrogens is 319 g/mol. The molecule has 0 atom stereocenters. The van der Waals surface area contributed by atoms with Crippen LogP contribution in [-0.4, -0.2) is 50.0 Å². The van der Waals surface area contributed by atoms with Crippen LogP contribution in [0.25, 0.3) is 0 Å². The summed E-state index contributed by atoms with van der Waals surface area (Å²) in [5.41, 5.74) is 1.22. The smallest absolute Gasteiger partial charge is 0.224 e. The number of amides is 1. The van der Waals surface area contributed by atoms with Crippen LogP contribution in [0.2, 0.25) is 0 Å². The van der Waals surface area contributed by atoms with Crippen molar-refractivity contribution in [3.8, 4) is 0 Å². The van der Waals surface area contributed by atoms with E-state index in [0.717, 1.165) is 19.0 Å². The molecule has 2 aliphatic rings. The molecule has 6 heteroatoms. The first-order valence-electron chi connectivity index (χ1n) is 9.07. The van der Waals surface area contributed by atoms with E-state index in [2.05, 4.69) is 20.5 Å². The van der Waals surface area contributed by atoms with Gasteiger partial charge in [0.05, 0.1) is 6.42 Å². The molecule has 1 heterocycles. The van der Waals surface area contributed by atoms with Gasteiger partial charge in [-0.2, -0.15) is 0 Å². The van der Waals surface area contributed by atoms with Crippen LogP contribution < -0.4 is 10.6 Å². The monoisotopic (exact) mass is 346 g/mol. The van der Waals surface area contributed by atoms with Crippen molar-refractivity contribution in [3.05, 3.63) is 35.6 Å². The van der Waals surface area contributed by atoms with Crippen LogP contribution in [0, 0.1) is 11.2 Å². The van der Waals surface area contributed by atoms with Crippen LogP contribution in [0.5, 0.6) is 0 Å². The molecule has 2 N–H and O–H groups in total. The standard InChI is InChI=1S/C19H27FN4O/c1-21-18(24-11-8-19(14-24)6-3-7-19)23-10-9-22-17(25)13-15-4-2-5-16(20)12-15/h2,4-5,12H,3,6-11,13-14H2,1H3,(H,21,23)(H,22,25). The Balaban J connectivity index is 1.36. The van der Waals surface area contributed by atoms with E-state index in [1.54, 1.807) is 19.2 Å². The van der Waals surface area contributed by atoms with Crippen molar-refractivity contribution < 1.29 is 9.18 Å². The highest BCUT2D eigenvalue weighted by molar-refractivity contribution is 5.80. The summed E-state index contributed by atoms with van der Waals surface area (Å²) in [6, 6.07) is 6.15. The van der Waals surface area contributed by atoms with Gasteiger partial charge in [-0.3, -0.25) is 9.79 Å². The number of aliphatic imine (C=N–C) groups is 1. The molecule has 1 aliphatic heterocycles. The normalized spacial score (nSPS) is 19.0. The van der Waals surface area contributed by atoms with Gasteiger partial charge in [0.25, 0.3) is 0 Å². The highest BCUT2D eigenvalue weighted by Gasteiger charge is 2.43. The number of carbonyl (C=O) groups is 1. The minimum absolute atomic E-state index is 0.100. The van der Waals surface area contributed by atoms with E-state index in [1.807, 2.05) is 0 Å². The SMILES string of the molecule is CN=C(NCCNC(=O)Cc1cccc(F)c1)N1CCC2(CCC2)C1. The first-order valence-corrected chi connectivity index (χ1v) is 9.07. The summed E-state index contributed by atoms with van der Waals surface area (Å²) < 4.78 is 13.1. The fraction of sp³-hybridized carbons (Fsp3) is 0.579. The minimum atomic E-state index is -0.314. The third kappa shape index (κ3) is 4.50. The van der Waals surface area contributed by atoms with E-state index < -0.39 is 0 Å². The maximum Gasteiger partial charge on any atom is 0.224 e. The second-order valence-corrected chi connectivity index (χ2v) is 7.16. The van der Waals surface area contributed by atoms with Crippen molar-refractivity contribution in [2.75, 3.05) is 33.2 Å². The van der Waals surface area contributed by atoms with Crippen LogP contribution in [-0.2, 0) is 11.2 Å². The van der Waals surface area contributed by atoms with Crippen LogP contribution in [0.3, 0.4) is 0 Å². The molecule has 0 unspecified atom stereocenters. The average molecular weight is 346 g/mol. The molecule has 3 rings (SSSR count).